The minimum atomic E-state index is -0.294. The van der Waals surface area contributed by atoms with Crippen LogP contribution in [0, 0.1) is 0 Å². The fourth-order valence-corrected chi connectivity index (χ4v) is 7.02. The van der Waals surface area contributed by atoms with Crippen LogP contribution in [0.1, 0.15) is 50.3 Å². The van der Waals surface area contributed by atoms with Crippen molar-refractivity contribution in [2.24, 2.45) is 0 Å². The summed E-state index contributed by atoms with van der Waals surface area (Å²) in [5.41, 5.74) is 8.82. The van der Waals surface area contributed by atoms with Gasteiger partial charge in [0.15, 0.2) is 0 Å². The summed E-state index contributed by atoms with van der Waals surface area (Å²) in [7, 11) is 0. The third kappa shape index (κ3) is 3.43. The zero-order valence-electron chi connectivity index (χ0n) is 23.0. The molecule has 0 fully saturated rings. The van der Waals surface area contributed by atoms with Crippen molar-refractivity contribution in [3.8, 4) is 22.3 Å². The molecular weight excluding hydrogens is 472 g/mol. The molecule has 0 saturated carbocycles. The molecule has 0 heterocycles. The van der Waals surface area contributed by atoms with Crippen LogP contribution in [0.15, 0.2) is 104 Å². The number of rotatable bonds is 5. The summed E-state index contributed by atoms with van der Waals surface area (Å²) in [5.74, 6) is 0. The molecular formula is C38H34O. The van der Waals surface area contributed by atoms with E-state index in [0.29, 0.717) is 0 Å². The van der Waals surface area contributed by atoms with E-state index >= 15 is 0 Å². The second kappa shape index (κ2) is 8.53. The van der Waals surface area contributed by atoms with Crippen LogP contribution in [0.4, 0.5) is 0 Å². The molecule has 1 aliphatic carbocycles. The molecule has 0 aromatic heterocycles. The van der Waals surface area contributed by atoms with E-state index in [0.717, 1.165) is 12.8 Å². The van der Waals surface area contributed by atoms with Gasteiger partial charge in [-0.05, 0) is 95.6 Å². The maximum atomic E-state index is 9.75. The van der Waals surface area contributed by atoms with Gasteiger partial charge in [-0.15, -0.1) is 6.58 Å². The highest BCUT2D eigenvalue weighted by Gasteiger charge is 2.40. The smallest absolute Gasteiger partial charge is 0.0431 e. The van der Waals surface area contributed by atoms with Crippen molar-refractivity contribution in [1.29, 1.82) is 0 Å². The Bertz CT molecular complexity index is 1880. The topological polar surface area (TPSA) is 20.2 Å². The molecule has 0 radical (unpaired) electrons. The van der Waals surface area contributed by atoms with E-state index in [1.165, 1.54) is 71.3 Å². The molecule has 0 amide bonds. The second-order valence-corrected chi connectivity index (χ2v) is 12.2. The van der Waals surface area contributed by atoms with Crippen LogP contribution < -0.4 is 0 Å². The van der Waals surface area contributed by atoms with Gasteiger partial charge in [0, 0.05) is 12.0 Å². The molecule has 0 saturated heterocycles. The number of hydrogen-bond donors (Lipinski definition) is 1. The zero-order valence-corrected chi connectivity index (χ0v) is 23.0. The van der Waals surface area contributed by atoms with Gasteiger partial charge in [0.2, 0.25) is 0 Å². The van der Waals surface area contributed by atoms with Crippen molar-refractivity contribution < 1.29 is 5.11 Å². The predicted molar refractivity (Wildman–Crippen MR) is 167 cm³/mol. The van der Waals surface area contributed by atoms with Crippen LogP contribution in [0.3, 0.4) is 0 Å². The molecule has 0 spiro atoms. The van der Waals surface area contributed by atoms with Crippen molar-refractivity contribution in [2.75, 3.05) is 6.61 Å². The average molecular weight is 507 g/mol. The first kappa shape index (κ1) is 24.1. The summed E-state index contributed by atoms with van der Waals surface area (Å²) < 4.78 is 0. The average Bonchev–Trinajstić information content (AvgIpc) is 3.23. The molecule has 0 aliphatic heterocycles. The number of allylic oxidation sites excluding steroid dienone is 1. The maximum absolute atomic E-state index is 9.75. The van der Waals surface area contributed by atoms with Crippen molar-refractivity contribution in [3.63, 3.8) is 0 Å². The predicted octanol–water partition coefficient (Wildman–Crippen LogP) is 9.77. The van der Waals surface area contributed by atoms with E-state index in [9.17, 15) is 5.11 Å². The van der Waals surface area contributed by atoms with Crippen molar-refractivity contribution in [2.45, 2.75) is 44.4 Å². The van der Waals surface area contributed by atoms with E-state index in [1.807, 2.05) is 0 Å². The molecule has 1 nitrogen and oxygen atoms in total. The first-order valence-corrected chi connectivity index (χ1v) is 14.1. The summed E-state index contributed by atoms with van der Waals surface area (Å²) >= 11 is 0. The van der Waals surface area contributed by atoms with E-state index in [1.54, 1.807) is 0 Å². The van der Waals surface area contributed by atoms with E-state index < -0.39 is 0 Å². The third-order valence-electron chi connectivity index (χ3n) is 9.05. The molecule has 0 bridgehead atoms. The first-order valence-electron chi connectivity index (χ1n) is 14.1. The summed E-state index contributed by atoms with van der Waals surface area (Å²) in [6, 6.07) is 34.2. The van der Waals surface area contributed by atoms with Gasteiger partial charge in [-0.25, -0.2) is 0 Å². The lowest BCUT2D eigenvalue weighted by Gasteiger charge is -2.29. The Morgan fingerprint density at radius 1 is 0.718 bits per heavy atom. The van der Waals surface area contributed by atoms with Gasteiger partial charge >= 0.3 is 0 Å². The number of benzene rings is 6. The fourth-order valence-electron chi connectivity index (χ4n) is 7.02. The summed E-state index contributed by atoms with van der Waals surface area (Å²) in [6.07, 6.45) is 3.68. The highest BCUT2D eigenvalue weighted by Crippen LogP contribution is 2.53. The molecule has 6 aromatic rings. The van der Waals surface area contributed by atoms with E-state index in [-0.39, 0.29) is 17.4 Å². The Kier molecular flexibility index (Phi) is 5.28. The Balaban J connectivity index is 1.47. The monoisotopic (exact) mass is 506 g/mol. The van der Waals surface area contributed by atoms with Crippen molar-refractivity contribution >= 4 is 32.3 Å². The minimum absolute atomic E-state index is 0.102. The second-order valence-electron chi connectivity index (χ2n) is 12.2. The highest BCUT2D eigenvalue weighted by atomic mass is 16.2. The molecule has 1 N–H and O–H groups in total. The zero-order chi connectivity index (χ0) is 26.9. The number of fused-ring (bicyclic) bond motifs is 3. The van der Waals surface area contributed by atoms with Crippen molar-refractivity contribution in [3.05, 3.63) is 120 Å². The van der Waals surface area contributed by atoms with Gasteiger partial charge < -0.3 is 5.11 Å². The van der Waals surface area contributed by atoms with E-state index in [2.05, 4.69) is 124 Å². The third-order valence-corrected chi connectivity index (χ3v) is 9.05. The largest absolute Gasteiger partial charge is 0.396 e. The number of hydrogen-bond acceptors (Lipinski definition) is 1. The lowest BCUT2D eigenvalue weighted by molar-refractivity contribution is 0.276. The molecule has 1 unspecified atom stereocenters. The molecule has 1 heteroatoms. The number of aliphatic hydroxyl groups is 1. The molecule has 39 heavy (non-hydrogen) atoms. The summed E-state index contributed by atoms with van der Waals surface area (Å²) in [6.45, 7) is 11.4. The van der Waals surface area contributed by atoms with Gasteiger partial charge in [0.05, 0.1) is 0 Å². The van der Waals surface area contributed by atoms with Gasteiger partial charge in [-0.2, -0.15) is 0 Å². The molecule has 1 atom stereocenters. The van der Waals surface area contributed by atoms with Gasteiger partial charge in [-0.1, -0.05) is 112 Å². The molecule has 1 aliphatic rings. The fraction of sp³-hybridized carbons (Fsp3) is 0.211. The Morgan fingerprint density at radius 2 is 1.38 bits per heavy atom. The van der Waals surface area contributed by atoms with Gasteiger partial charge in [-0.3, -0.25) is 0 Å². The normalized spacial score (nSPS) is 16.7. The minimum Gasteiger partial charge on any atom is -0.396 e. The lowest BCUT2D eigenvalue weighted by Crippen LogP contribution is -2.22. The highest BCUT2D eigenvalue weighted by molar-refractivity contribution is 6.25. The van der Waals surface area contributed by atoms with Crippen LogP contribution in [-0.2, 0) is 10.8 Å². The molecule has 7 rings (SSSR count). The quantitative estimate of drug-likeness (QED) is 0.182. The SMILES string of the molecule is C=CC1(CCCO)c2ccccc2-c2ccc(-c3ccc4ccc5cc(C(C)(C)C)cc6ccc3c4c56)cc21. The van der Waals surface area contributed by atoms with Gasteiger partial charge in [0.25, 0.3) is 0 Å². The molecule has 6 aromatic carbocycles. The van der Waals surface area contributed by atoms with Crippen LogP contribution >= 0.6 is 0 Å². The van der Waals surface area contributed by atoms with Crippen LogP contribution in [0.5, 0.6) is 0 Å². The Morgan fingerprint density at radius 3 is 2.13 bits per heavy atom. The van der Waals surface area contributed by atoms with Crippen LogP contribution in [0.2, 0.25) is 0 Å². The Hall–Kier alpha value is -3.94. The van der Waals surface area contributed by atoms with Crippen LogP contribution in [-0.4, -0.2) is 11.7 Å². The van der Waals surface area contributed by atoms with Crippen molar-refractivity contribution in [1.82, 2.24) is 0 Å². The lowest BCUT2D eigenvalue weighted by atomic mass is 9.74. The molecule has 192 valence electrons. The maximum Gasteiger partial charge on any atom is 0.0431 e. The number of aliphatic hydroxyl groups excluding tert-OH is 1. The van der Waals surface area contributed by atoms with Crippen LogP contribution in [0.25, 0.3) is 54.6 Å². The Labute approximate surface area is 230 Å². The first-order chi connectivity index (χ1) is 18.9. The van der Waals surface area contributed by atoms with E-state index in [4.69, 9.17) is 0 Å². The summed E-state index contributed by atoms with van der Waals surface area (Å²) in [4.78, 5) is 0. The standard InChI is InChI=1S/C38H34O/c1-5-38(19-8-20-39)33-10-7-6-9-30(33)31-17-14-25(23-34(31)38)29-16-13-24-11-12-26-21-28(37(2,3)4)22-27-15-18-32(29)36(24)35(26)27/h5-7,9-18,21-23,39H,1,8,19-20H2,2-4H3. The van der Waals surface area contributed by atoms with Gasteiger partial charge in [0.1, 0.15) is 0 Å². The summed E-state index contributed by atoms with van der Waals surface area (Å²) in [5, 5.41) is 17.7.